The zero-order chi connectivity index (χ0) is 18.1. The summed E-state index contributed by atoms with van der Waals surface area (Å²) in [6, 6.07) is 14.1. The maximum absolute atomic E-state index is 11.8. The van der Waals surface area contributed by atoms with E-state index in [0.29, 0.717) is 6.54 Å². The van der Waals surface area contributed by atoms with E-state index in [4.69, 9.17) is 4.74 Å². The lowest BCUT2D eigenvalue weighted by Crippen LogP contribution is -2.24. The number of aryl methyl sites for hydroxylation is 3. The van der Waals surface area contributed by atoms with E-state index in [1.54, 1.807) is 0 Å². The van der Waals surface area contributed by atoms with E-state index in [1.807, 2.05) is 36.4 Å². The second-order valence-electron chi connectivity index (χ2n) is 6.05. The second kappa shape index (κ2) is 9.67. The SMILES string of the molecule is CCc1cc(C)cc(CC)c1C=CCNC(=O)OCc1ccccc1. The molecule has 3 nitrogen and oxygen atoms in total. The Kier molecular flexibility index (Phi) is 7.27. The van der Waals surface area contributed by atoms with Gasteiger partial charge in [0.25, 0.3) is 0 Å². The third kappa shape index (κ3) is 5.79. The maximum Gasteiger partial charge on any atom is 0.407 e. The molecule has 3 heteroatoms. The molecule has 0 bridgehead atoms. The summed E-state index contributed by atoms with van der Waals surface area (Å²) in [5, 5.41) is 2.76. The number of carbonyl (C=O) groups is 1. The fourth-order valence-corrected chi connectivity index (χ4v) is 2.85. The van der Waals surface area contributed by atoms with Crippen molar-refractivity contribution in [1.82, 2.24) is 5.32 Å². The van der Waals surface area contributed by atoms with E-state index in [0.717, 1.165) is 18.4 Å². The normalized spacial score (nSPS) is 10.8. The quantitative estimate of drug-likeness (QED) is 0.767. The molecule has 0 heterocycles. The Hall–Kier alpha value is -2.55. The summed E-state index contributed by atoms with van der Waals surface area (Å²) in [7, 11) is 0. The van der Waals surface area contributed by atoms with Gasteiger partial charge in [-0.2, -0.15) is 0 Å². The van der Waals surface area contributed by atoms with Crippen molar-refractivity contribution in [1.29, 1.82) is 0 Å². The summed E-state index contributed by atoms with van der Waals surface area (Å²) >= 11 is 0. The highest BCUT2D eigenvalue weighted by atomic mass is 16.5. The van der Waals surface area contributed by atoms with Crippen molar-refractivity contribution in [2.24, 2.45) is 0 Å². The smallest absolute Gasteiger partial charge is 0.407 e. The van der Waals surface area contributed by atoms with E-state index in [9.17, 15) is 4.79 Å². The van der Waals surface area contributed by atoms with Gasteiger partial charge < -0.3 is 10.1 Å². The second-order valence-corrected chi connectivity index (χ2v) is 6.05. The zero-order valence-electron chi connectivity index (χ0n) is 15.3. The van der Waals surface area contributed by atoms with E-state index in [1.165, 1.54) is 22.3 Å². The van der Waals surface area contributed by atoms with E-state index < -0.39 is 6.09 Å². The molecule has 2 rings (SSSR count). The van der Waals surface area contributed by atoms with Crippen LogP contribution in [0.25, 0.3) is 6.08 Å². The monoisotopic (exact) mass is 337 g/mol. The number of amides is 1. The van der Waals surface area contributed by atoms with Gasteiger partial charge >= 0.3 is 6.09 Å². The lowest BCUT2D eigenvalue weighted by Gasteiger charge is -2.11. The average Bonchev–Trinajstić information content (AvgIpc) is 2.64. The van der Waals surface area contributed by atoms with E-state index >= 15 is 0 Å². The van der Waals surface area contributed by atoms with Crippen LogP contribution in [-0.2, 0) is 24.2 Å². The lowest BCUT2D eigenvalue weighted by molar-refractivity contribution is 0.141. The minimum Gasteiger partial charge on any atom is -0.445 e. The Balaban J connectivity index is 1.88. The van der Waals surface area contributed by atoms with Crippen LogP contribution < -0.4 is 5.32 Å². The highest BCUT2D eigenvalue weighted by Crippen LogP contribution is 2.20. The summed E-state index contributed by atoms with van der Waals surface area (Å²) in [5.41, 5.74) is 6.25. The van der Waals surface area contributed by atoms with Crippen molar-refractivity contribution in [3.8, 4) is 0 Å². The van der Waals surface area contributed by atoms with Gasteiger partial charge in [-0.05, 0) is 42.0 Å². The van der Waals surface area contributed by atoms with Crippen LogP contribution in [0.5, 0.6) is 0 Å². The third-order valence-corrected chi connectivity index (χ3v) is 4.12. The van der Waals surface area contributed by atoms with Gasteiger partial charge in [-0.1, -0.05) is 74.0 Å². The Morgan fingerprint density at radius 3 is 2.32 bits per heavy atom. The molecule has 0 fully saturated rings. The maximum atomic E-state index is 11.8. The van der Waals surface area contributed by atoms with E-state index in [-0.39, 0.29) is 6.61 Å². The lowest BCUT2D eigenvalue weighted by atomic mass is 9.94. The van der Waals surface area contributed by atoms with Crippen LogP contribution in [0.15, 0.2) is 48.5 Å². The standard InChI is InChI=1S/C22H27NO2/c1-4-19-14-17(3)15-20(5-2)21(19)12-9-13-23-22(24)25-16-18-10-7-6-8-11-18/h6-12,14-15H,4-5,13,16H2,1-3H3,(H,23,24). The van der Waals surface area contributed by atoms with Crippen molar-refractivity contribution in [2.45, 2.75) is 40.2 Å². The zero-order valence-corrected chi connectivity index (χ0v) is 15.3. The number of hydrogen-bond donors (Lipinski definition) is 1. The van der Waals surface area contributed by atoms with Crippen LogP contribution in [-0.4, -0.2) is 12.6 Å². The van der Waals surface area contributed by atoms with Gasteiger partial charge in [0.05, 0.1) is 0 Å². The first-order chi connectivity index (χ1) is 12.1. The van der Waals surface area contributed by atoms with Gasteiger partial charge in [0.2, 0.25) is 0 Å². The first-order valence-electron chi connectivity index (χ1n) is 8.87. The number of nitrogens with one attached hydrogen (secondary N) is 1. The van der Waals surface area contributed by atoms with Crippen molar-refractivity contribution in [3.63, 3.8) is 0 Å². The third-order valence-electron chi connectivity index (χ3n) is 4.12. The first kappa shape index (κ1) is 18.8. The fourth-order valence-electron chi connectivity index (χ4n) is 2.85. The molecular weight excluding hydrogens is 310 g/mol. The molecule has 132 valence electrons. The molecule has 0 aromatic heterocycles. The van der Waals surface area contributed by atoms with Crippen LogP contribution >= 0.6 is 0 Å². The summed E-state index contributed by atoms with van der Waals surface area (Å²) in [5.74, 6) is 0. The molecule has 0 radical (unpaired) electrons. The molecule has 0 aliphatic heterocycles. The predicted octanol–water partition coefficient (Wildman–Crippen LogP) is 5.06. The Bertz CT molecular complexity index is 695. The van der Waals surface area contributed by atoms with Crippen molar-refractivity contribution < 1.29 is 9.53 Å². The molecule has 0 saturated heterocycles. The number of hydrogen-bond acceptors (Lipinski definition) is 2. The summed E-state index contributed by atoms with van der Waals surface area (Å²) in [6.45, 7) is 7.22. The minimum atomic E-state index is -0.399. The summed E-state index contributed by atoms with van der Waals surface area (Å²) in [4.78, 5) is 11.8. The Labute approximate surface area is 150 Å². The first-order valence-corrected chi connectivity index (χ1v) is 8.87. The van der Waals surface area contributed by atoms with Gasteiger partial charge in [0.15, 0.2) is 0 Å². The van der Waals surface area contributed by atoms with Gasteiger partial charge in [0.1, 0.15) is 6.61 Å². The molecule has 0 aliphatic rings. The van der Waals surface area contributed by atoms with Crippen LogP contribution in [0.1, 0.15) is 41.7 Å². The van der Waals surface area contributed by atoms with E-state index in [2.05, 4.69) is 44.3 Å². The van der Waals surface area contributed by atoms with Crippen molar-refractivity contribution >= 4 is 12.2 Å². The number of ether oxygens (including phenoxy) is 1. The molecule has 0 unspecified atom stereocenters. The van der Waals surface area contributed by atoms with Crippen LogP contribution in [0, 0.1) is 6.92 Å². The molecule has 2 aromatic carbocycles. The van der Waals surface area contributed by atoms with Crippen LogP contribution in [0.3, 0.4) is 0 Å². The number of benzene rings is 2. The molecule has 0 spiro atoms. The van der Waals surface area contributed by atoms with Crippen molar-refractivity contribution in [3.05, 3.63) is 76.4 Å². The van der Waals surface area contributed by atoms with Gasteiger partial charge in [-0.25, -0.2) is 4.79 Å². The average molecular weight is 337 g/mol. The predicted molar refractivity (Wildman–Crippen MR) is 104 cm³/mol. The molecule has 1 amide bonds. The fraction of sp³-hybridized carbons (Fsp3) is 0.318. The number of rotatable bonds is 7. The Morgan fingerprint density at radius 1 is 1.08 bits per heavy atom. The van der Waals surface area contributed by atoms with Gasteiger partial charge in [-0.3, -0.25) is 0 Å². The molecule has 0 aliphatic carbocycles. The largest absolute Gasteiger partial charge is 0.445 e. The molecule has 2 aromatic rings. The molecule has 0 saturated carbocycles. The van der Waals surface area contributed by atoms with Crippen LogP contribution in [0.2, 0.25) is 0 Å². The number of alkyl carbamates (subject to hydrolysis) is 1. The highest BCUT2D eigenvalue weighted by Gasteiger charge is 2.05. The number of carbonyl (C=O) groups excluding carboxylic acids is 1. The highest BCUT2D eigenvalue weighted by molar-refractivity contribution is 5.68. The molecule has 0 atom stereocenters. The molecule has 25 heavy (non-hydrogen) atoms. The van der Waals surface area contributed by atoms with Gasteiger partial charge in [-0.15, -0.1) is 0 Å². The molecule has 1 N–H and O–H groups in total. The van der Waals surface area contributed by atoms with Gasteiger partial charge in [0, 0.05) is 6.54 Å². The Morgan fingerprint density at radius 2 is 1.72 bits per heavy atom. The summed E-state index contributed by atoms with van der Waals surface area (Å²) < 4.78 is 5.20. The van der Waals surface area contributed by atoms with Crippen LogP contribution in [0.4, 0.5) is 4.79 Å². The topological polar surface area (TPSA) is 38.3 Å². The van der Waals surface area contributed by atoms with Crippen molar-refractivity contribution in [2.75, 3.05) is 6.54 Å². The minimum absolute atomic E-state index is 0.286. The summed E-state index contributed by atoms with van der Waals surface area (Å²) in [6.07, 6.45) is 5.69. The molecular formula is C22H27NO2.